The fraction of sp³-hybridized carbons (Fsp3) is 0.0417. The van der Waals surface area contributed by atoms with E-state index in [2.05, 4.69) is 15.3 Å². The molecule has 31 heavy (non-hydrogen) atoms. The van der Waals surface area contributed by atoms with Crippen LogP contribution in [0.15, 0.2) is 83.7 Å². The van der Waals surface area contributed by atoms with Gasteiger partial charge in [0.1, 0.15) is 0 Å². The number of hydrogen-bond donors (Lipinski definition) is 2. The smallest absolute Gasteiger partial charge is 0.291 e. The lowest BCUT2D eigenvalue weighted by Gasteiger charge is -2.10. The zero-order valence-electron chi connectivity index (χ0n) is 16.3. The van der Waals surface area contributed by atoms with Gasteiger partial charge < -0.3 is 14.9 Å². The van der Waals surface area contributed by atoms with Crippen molar-refractivity contribution in [3.8, 4) is 0 Å². The Kier molecular flexibility index (Phi) is 4.76. The van der Waals surface area contributed by atoms with Crippen molar-refractivity contribution in [1.29, 1.82) is 0 Å². The summed E-state index contributed by atoms with van der Waals surface area (Å²) in [6.45, 7) is 0.486. The second kappa shape index (κ2) is 7.74. The van der Waals surface area contributed by atoms with Crippen LogP contribution in [0, 0.1) is 0 Å². The monoisotopic (exact) mass is 428 g/mol. The molecule has 0 bridgehead atoms. The van der Waals surface area contributed by atoms with Crippen LogP contribution in [0.3, 0.4) is 0 Å². The largest absolute Gasteiger partial charge is 0.322 e. The fourth-order valence-electron chi connectivity index (χ4n) is 3.61. The van der Waals surface area contributed by atoms with E-state index in [1.54, 1.807) is 24.3 Å². The lowest BCUT2D eigenvalue weighted by molar-refractivity contribution is 0.101. The molecule has 3 aromatic carbocycles. The number of carbonyl (C=O) groups is 1. The number of H-pyrrole nitrogens is 1. The maximum atomic E-state index is 13.2. The summed E-state index contributed by atoms with van der Waals surface area (Å²) in [5.74, 6) is -0.0327. The van der Waals surface area contributed by atoms with Crippen LogP contribution >= 0.6 is 11.6 Å². The van der Waals surface area contributed by atoms with E-state index >= 15 is 0 Å². The second-order valence-electron chi connectivity index (χ2n) is 7.22. The van der Waals surface area contributed by atoms with Crippen molar-refractivity contribution >= 4 is 45.1 Å². The van der Waals surface area contributed by atoms with Crippen molar-refractivity contribution < 1.29 is 4.79 Å². The van der Waals surface area contributed by atoms with Crippen molar-refractivity contribution in [3.63, 3.8) is 0 Å². The van der Waals surface area contributed by atoms with Gasteiger partial charge in [-0.05, 0) is 48.0 Å². The van der Waals surface area contributed by atoms with Crippen LogP contribution in [-0.4, -0.2) is 20.4 Å². The fourth-order valence-corrected chi connectivity index (χ4v) is 3.78. The highest BCUT2D eigenvalue weighted by Crippen LogP contribution is 2.23. The minimum atomic E-state index is -0.327. The maximum Gasteiger partial charge on any atom is 0.291 e. The average Bonchev–Trinajstić information content (AvgIpc) is 3.12. The first kappa shape index (κ1) is 19.1. The number of nitrogens with one attached hydrogen (secondary N) is 2. The molecule has 0 atom stereocenters. The Hall–Kier alpha value is -3.90. The molecule has 0 fully saturated rings. The van der Waals surface area contributed by atoms with Gasteiger partial charge in [-0.15, -0.1) is 0 Å². The predicted molar refractivity (Wildman–Crippen MR) is 123 cm³/mol. The van der Waals surface area contributed by atoms with Gasteiger partial charge in [0.25, 0.3) is 5.91 Å². The van der Waals surface area contributed by atoms with Gasteiger partial charge in [0.15, 0.2) is 0 Å². The van der Waals surface area contributed by atoms with Crippen molar-refractivity contribution in [2.75, 3.05) is 5.32 Å². The third kappa shape index (κ3) is 3.81. The summed E-state index contributed by atoms with van der Waals surface area (Å²) in [4.78, 5) is 32.0. The maximum absolute atomic E-state index is 13.2. The van der Waals surface area contributed by atoms with Crippen molar-refractivity contribution in [2.24, 2.45) is 0 Å². The molecule has 152 valence electrons. The van der Waals surface area contributed by atoms with E-state index in [-0.39, 0.29) is 11.5 Å². The molecule has 7 heteroatoms. The predicted octanol–water partition coefficient (Wildman–Crippen LogP) is 4.83. The summed E-state index contributed by atoms with van der Waals surface area (Å²) >= 11 is 6.21. The first-order valence-corrected chi connectivity index (χ1v) is 10.1. The molecule has 0 aliphatic rings. The Morgan fingerprint density at radius 1 is 1.00 bits per heavy atom. The molecule has 0 saturated heterocycles. The van der Waals surface area contributed by atoms with Crippen molar-refractivity contribution in [2.45, 2.75) is 6.54 Å². The third-order valence-corrected chi connectivity index (χ3v) is 5.31. The molecule has 0 radical (unpaired) electrons. The van der Waals surface area contributed by atoms with Gasteiger partial charge in [-0.3, -0.25) is 9.59 Å². The molecule has 2 N–H and O–H groups in total. The molecule has 0 aliphatic carbocycles. The first-order valence-electron chi connectivity index (χ1n) is 9.71. The van der Waals surface area contributed by atoms with E-state index in [0.29, 0.717) is 34.1 Å². The summed E-state index contributed by atoms with van der Waals surface area (Å²) in [6.07, 6.45) is 0. The van der Waals surface area contributed by atoms with Crippen LogP contribution in [0.2, 0.25) is 5.02 Å². The lowest BCUT2D eigenvalue weighted by atomic mass is 10.2. The number of anilines is 1. The van der Waals surface area contributed by atoms with Crippen LogP contribution in [0.5, 0.6) is 0 Å². The molecule has 0 saturated carbocycles. The Balaban J connectivity index is 1.54. The normalized spacial score (nSPS) is 11.1. The third-order valence-electron chi connectivity index (χ3n) is 5.08. The number of benzene rings is 3. The van der Waals surface area contributed by atoms with E-state index in [4.69, 9.17) is 11.6 Å². The Bertz CT molecular complexity index is 1490. The van der Waals surface area contributed by atoms with E-state index in [1.165, 1.54) is 6.07 Å². The molecule has 5 aromatic rings. The Morgan fingerprint density at radius 3 is 2.68 bits per heavy atom. The zero-order valence-corrected chi connectivity index (χ0v) is 17.1. The number of carbonyl (C=O) groups excluding carboxylic acids is 1. The number of halogens is 1. The van der Waals surface area contributed by atoms with Crippen LogP contribution in [0.1, 0.15) is 16.2 Å². The Morgan fingerprint density at radius 2 is 1.84 bits per heavy atom. The standard InChI is InChI=1S/C24H17ClN4O2/c25-17-7-9-20-21(13-17)29(14-15-4-2-1-3-5-15)23(28-20)24(31)26-18-8-10-19-16(12-18)6-11-22(30)27-19/h1-13H,14H2,(H,26,31)(H,27,30). The molecule has 1 amide bonds. The number of rotatable bonds is 4. The second-order valence-corrected chi connectivity index (χ2v) is 7.66. The summed E-state index contributed by atoms with van der Waals surface area (Å²) in [6, 6.07) is 23.8. The molecular formula is C24H17ClN4O2. The lowest BCUT2D eigenvalue weighted by Crippen LogP contribution is -2.18. The number of fused-ring (bicyclic) bond motifs is 2. The Labute approximate surface area is 182 Å². The van der Waals surface area contributed by atoms with Crippen LogP contribution in [-0.2, 0) is 6.54 Å². The van der Waals surface area contributed by atoms with Gasteiger partial charge in [0, 0.05) is 34.2 Å². The van der Waals surface area contributed by atoms with Gasteiger partial charge >= 0.3 is 0 Å². The van der Waals surface area contributed by atoms with E-state index in [1.807, 2.05) is 53.1 Å². The highest BCUT2D eigenvalue weighted by Gasteiger charge is 2.18. The van der Waals surface area contributed by atoms with E-state index in [9.17, 15) is 9.59 Å². The zero-order chi connectivity index (χ0) is 21.4. The summed E-state index contributed by atoms with van der Waals surface area (Å²) in [7, 11) is 0. The number of hydrogen-bond acceptors (Lipinski definition) is 3. The molecule has 2 aromatic heterocycles. The molecule has 2 heterocycles. The summed E-state index contributed by atoms with van der Waals surface area (Å²) in [5, 5.41) is 4.32. The quantitative estimate of drug-likeness (QED) is 0.430. The minimum Gasteiger partial charge on any atom is -0.322 e. The van der Waals surface area contributed by atoms with Gasteiger partial charge in [-0.25, -0.2) is 4.98 Å². The molecular weight excluding hydrogens is 412 g/mol. The number of aromatic amines is 1. The van der Waals surface area contributed by atoms with E-state index in [0.717, 1.165) is 16.5 Å². The van der Waals surface area contributed by atoms with Crippen molar-refractivity contribution in [1.82, 2.24) is 14.5 Å². The van der Waals surface area contributed by atoms with Gasteiger partial charge in [0.05, 0.1) is 11.0 Å². The van der Waals surface area contributed by atoms with Crippen molar-refractivity contribution in [3.05, 3.63) is 106 Å². The van der Waals surface area contributed by atoms with Gasteiger partial charge in [0.2, 0.25) is 11.4 Å². The number of imidazole rings is 1. The van der Waals surface area contributed by atoms with Crippen LogP contribution in [0.4, 0.5) is 5.69 Å². The SMILES string of the molecule is O=C(Nc1ccc2[nH]c(=O)ccc2c1)c1nc2ccc(Cl)cc2n1Cc1ccccc1. The van der Waals surface area contributed by atoms with Gasteiger partial charge in [-0.1, -0.05) is 41.9 Å². The highest BCUT2D eigenvalue weighted by molar-refractivity contribution is 6.31. The summed E-state index contributed by atoms with van der Waals surface area (Å²) < 4.78 is 1.87. The van der Waals surface area contributed by atoms with Gasteiger partial charge in [-0.2, -0.15) is 0 Å². The molecule has 5 rings (SSSR count). The topological polar surface area (TPSA) is 79.8 Å². The number of nitrogens with zero attached hydrogens (tertiary/aromatic N) is 2. The van der Waals surface area contributed by atoms with E-state index < -0.39 is 0 Å². The molecule has 0 aliphatic heterocycles. The minimum absolute atomic E-state index is 0.169. The average molecular weight is 429 g/mol. The highest BCUT2D eigenvalue weighted by atomic mass is 35.5. The molecule has 0 spiro atoms. The number of aromatic nitrogens is 3. The molecule has 0 unspecified atom stereocenters. The van der Waals surface area contributed by atoms with Crippen LogP contribution < -0.4 is 10.9 Å². The summed E-state index contributed by atoms with van der Waals surface area (Å²) in [5.41, 5.74) is 3.68. The number of pyridine rings is 1. The number of amides is 1. The van der Waals surface area contributed by atoms with Crippen LogP contribution in [0.25, 0.3) is 21.9 Å². The first-order chi connectivity index (χ1) is 15.1. The molecule has 6 nitrogen and oxygen atoms in total.